The molecule has 0 aliphatic carbocycles. The highest BCUT2D eigenvalue weighted by Crippen LogP contribution is 2.22. The molecule has 10 heteroatoms. The van der Waals surface area contributed by atoms with Crippen molar-refractivity contribution in [2.45, 2.75) is 24.3 Å². The molecule has 2 heterocycles. The summed E-state index contributed by atoms with van der Waals surface area (Å²) in [6.07, 6.45) is 7.20. The fraction of sp³-hybridized carbons (Fsp3) is 0.261. The molecule has 33 heavy (non-hydrogen) atoms. The molecule has 0 spiro atoms. The minimum Gasteiger partial charge on any atom is -0.465 e. The SMILES string of the molecule is C#CCn1c(=NC(=O)c2ccc(S(=O)(=O)N3CCCC3)cc2)sc2cc(C(=O)OC)ccc21. The summed E-state index contributed by atoms with van der Waals surface area (Å²) in [6.45, 7) is 1.21. The molecule has 1 fully saturated rings. The van der Waals surface area contributed by atoms with E-state index >= 15 is 0 Å². The number of methoxy groups -OCH3 is 1. The van der Waals surface area contributed by atoms with Gasteiger partial charge in [0.05, 0.1) is 34.3 Å². The molecule has 2 aromatic carbocycles. The number of carbonyl (C=O) groups is 2. The molecule has 1 aromatic heterocycles. The standard InChI is InChI=1S/C23H21N3O5S2/c1-3-12-26-19-11-8-17(22(28)31-2)15-20(19)32-23(26)24-21(27)16-6-9-18(10-7-16)33(29,30)25-13-4-5-14-25/h1,6-11,15H,4-5,12-14H2,2H3. The number of sulfonamides is 1. The topological polar surface area (TPSA) is 98.0 Å². The molecule has 1 aliphatic heterocycles. The summed E-state index contributed by atoms with van der Waals surface area (Å²) in [5.74, 6) is 1.56. The summed E-state index contributed by atoms with van der Waals surface area (Å²) in [7, 11) is -2.25. The van der Waals surface area contributed by atoms with Crippen LogP contribution in [0.5, 0.6) is 0 Å². The molecule has 0 unspecified atom stereocenters. The van der Waals surface area contributed by atoms with E-state index in [1.54, 1.807) is 22.8 Å². The van der Waals surface area contributed by atoms with Crippen LogP contribution >= 0.6 is 11.3 Å². The highest BCUT2D eigenvalue weighted by Gasteiger charge is 2.27. The molecule has 4 rings (SSSR count). The van der Waals surface area contributed by atoms with Crippen LogP contribution in [0, 0.1) is 12.3 Å². The minimum atomic E-state index is -3.56. The van der Waals surface area contributed by atoms with E-state index in [0.717, 1.165) is 23.1 Å². The van der Waals surface area contributed by atoms with Gasteiger partial charge >= 0.3 is 5.97 Å². The third-order valence-corrected chi connectivity index (χ3v) is 8.31. The van der Waals surface area contributed by atoms with Gasteiger partial charge < -0.3 is 9.30 Å². The summed E-state index contributed by atoms with van der Waals surface area (Å²) < 4.78 is 34.0. The van der Waals surface area contributed by atoms with Crippen molar-refractivity contribution in [1.29, 1.82) is 0 Å². The molecular weight excluding hydrogens is 462 g/mol. The van der Waals surface area contributed by atoms with Crippen LogP contribution in [0.25, 0.3) is 10.2 Å². The zero-order valence-electron chi connectivity index (χ0n) is 17.9. The number of ether oxygens (including phenoxy) is 1. The van der Waals surface area contributed by atoms with Gasteiger partial charge in [-0.15, -0.1) is 6.42 Å². The lowest BCUT2D eigenvalue weighted by Crippen LogP contribution is -2.27. The number of amides is 1. The molecule has 8 nitrogen and oxygen atoms in total. The van der Waals surface area contributed by atoms with E-state index in [0.29, 0.717) is 23.5 Å². The number of hydrogen-bond acceptors (Lipinski definition) is 6. The zero-order valence-corrected chi connectivity index (χ0v) is 19.5. The Morgan fingerprint density at radius 1 is 1.12 bits per heavy atom. The van der Waals surface area contributed by atoms with Crippen LogP contribution in [-0.2, 0) is 21.3 Å². The molecular formula is C23H21N3O5S2. The maximum Gasteiger partial charge on any atom is 0.337 e. The van der Waals surface area contributed by atoms with E-state index in [-0.39, 0.29) is 17.0 Å². The van der Waals surface area contributed by atoms with E-state index < -0.39 is 21.9 Å². The first-order chi connectivity index (χ1) is 15.8. The van der Waals surface area contributed by atoms with Crippen LogP contribution < -0.4 is 4.80 Å². The van der Waals surface area contributed by atoms with Crippen molar-refractivity contribution < 1.29 is 22.7 Å². The number of carbonyl (C=O) groups excluding carboxylic acids is 2. The van der Waals surface area contributed by atoms with Gasteiger partial charge in [-0.2, -0.15) is 9.30 Å². The van der Waals surface area contributed by atoms with Gasteiger partial charge in [-0.25, -0.2) is 13.2 Å². The van der Waals surface area contributed by atoms with Crippen LogP contribution in [0.3, 0.4) is 0 Å². The van der Waals surface area contributed by atoms with E-state index in [4.69, 9.17) is 11.2 Å². The lowest BCUT2D eigenvalue weighted by Gasteiger charge is -2.15. The molecule has 0 radical (unpaired) electrons. The first kappa shape index (κ1) is 22.9. The van der Waals surface area contributed by atoms with E-state index in [9.17, 15) is 18.0 Å². The fourth-order valence-electron chi connectivity index (χ4n) is 3.65. The van der Waals surface area contributed by atoms with Gasteiger partial charge in [-0.1, -0.05) is 17.3 Å². The number of nitrogens with zero attached hydrogens (tertiary/aromatic N) is 3. The Labute approximate surface area is 195 Å². The second-order valence-electron chi connectivity index (χ2n) is 7.40. The number of thiazole rings is 1. The third kappa shape index (κ3) is 4.48. The molecule has 1 amide bonds. The molecule has 0 bridgehead atoms. The molecule has 0 atom stereocenters. The van der Waals surface area contributed by atoms with Crippen LogP contribution in [0.2, 0.25) is 0 Å². The summed E-state index contributed by atoms with van der Waals surface area (Å²) in [4.78, 5) is 29.4. The van der Waals surface area contributed by atoms with Gasteiger partial charge in [0.2, 0.25) is 10.0 Å². The lowest BCUT2D eigenvalue weighted by molar-refractivity contribution is 0.0600. The third-order valence-electron chi connectivity index (χ3n) is 5.35. The number of esters is 1. The summed E-state index contributed by atoms with van der Waals surface area (Å²) >= 11 is 1.22. The number of aromatic nitrogens is 1. The van der Waals surface area contributed by atoms with Crippen molar-refractivity contribution in [3.63, 3.8) is 0 Å². The van der Waals surface area contributed by atoms with Gasteiger partial charge in [-0.3, -0.25) is 4.79 Å². The first-order valence-corrected chi connectivity index (χ1v) is 12.5. The van der Waals surface area contributed by atoms with Gasteiger partial charge in [0.1, 0.15) is 0 Å². The maximum absolute atomic E-state index is 12.8. The molecule has 0 saturated carbocycles. The Hall–Kier alpha value is -3.26. The lowest BCUT2D eigenvalue weighted by atomic mass is 10.2. The van der Waals surface area contributed by atoms with Crippen molar-refractivity contribution in [1.82, 2.24) is 8.87 Å². The van der Waals surface area contributed by atoms with Crippen LogP contribution in [0.4, 0.5) is 0 Å². The largest absolute Gasteiger partial charge is 0.465 e. The Morgan fingerprint density at radius 2 is 1.79 bits per heavy atom. The normalized spacial score (nSPS) is 15.0. The van der Waals surface area contributed by atoms with Crippen molar-refractivity contribution in [2.75, 3.05) is 20.2 Å². The van der Waals surface area contributed by atoms with E-state index in [1.165, 1.54) is 47.0 Å². The zero-order chi connectivity index (χ0) is 23.6. The van der Waals surface area contributed by atoms with Crippen LogP contribution in [0.15, 0.2) is 52.4 Å². The van der Waals surface area contributed by atoms with E-state index in [1.807, 2.05) is 0 Å². The molecule has 3 aromatic rings. The van der Waals surface area contributed by atoms with Gasteiger partial charge in [0.15, 0.2) is 4.80 Å². The summed E-state index contributed by atoms with van der Waals surface area (Å²) in [5, 5.41) is 0. The van der Waals surface area contributed by atoms with Crippen molar-refractivity contribution in [2.24, 2.45) is 4.99 Å². The quantitative estimate of drug-likeness (QED) is 0.411. The Balaban J connectivity index is 1.68. The number of benzene rings is 2. The highest BCUT2D eigenvalue weighted by molar-refractivity contribution is 7.89. The average molecular weight is 484 g/mol. The second kappa shape index (κ2) is 9.31. The smallest absolute Gasteiger partial charge is 0.337 e. The monoisotopic (exact) mass is 483 g/mol. The van der Waals surface area contributed by atoms with Crippen molar-refractivity contribution >= 4 is 43.5 Å². The highest BCUT2D eigenvalue weighted by atomic mass is 32.2. The van der Waals surface area contributed by atoms with Crippen molar-refractivity contribution in [3.05, 3.63) is 58.4 Å². The number of hydrogen-bond donors (Lipinski definition) is 0. The molecule has 1 saturated heterocycles. The predicted octanol–water partition coefficient (Wildman–Crippen LogP) is 2.65. The van der Waals surface area contributed by atoms with Gasteiger partial charge in [0.25, 0.3) is 5.91 Å². The summed E-state index contributed by atoms with van der Waals surface area (Å²) in [6, 6.07) is 10.8. The Bertz CT molecular complexity index is 1440. The van der Waals surface area contributed by atoms with Gasteiger partial charge in [-0.05, 0) is 55.3 Å². The second-order valence-corrected chi connectivity index (χ2v) is 10.3. The van der Waals surface area contributed by atoms with Crippen molar-refractivity contribution in [3.8, 4) is 12.3 Å². The minimum absolute atomic E-state index is 0.153. The predicted molar refractivity (Wildman–Crippen MR) is 124 cm³/mol. The molecule has 170 valence electrons. The molecule has 1 aliphatic rings. The van der Waals surface area contributed by atoms with Crippen LogP contribution in [-0.4, -0.2) is 49.4 Å². The number of rotatable bonds is 5. The maximum atomic E-state index is 12.8. The molecule has 0 N–H and O–H groups in total. The number of terminal acetylenes is 1. The number of fused-ring (bicyclic) bond motifs is 1. The van der Waals surface area contributed by atoms with Crippen LogP contribution in [0.1, 0.15) is 33.6 Å². The van der Waals surface area contributed by atoms with Gasteiger partial charge in [0, 0.05) is 18.7 Å². The average Bonchev–Trinajstić information content (AvgIpc) is 3.48. The van der Waals surface area contributed by atoms with E-state index in [2.05, 4.69) is 10.9 Å². The Kier molecular flexibility index (Phi) is 6.47. The summed E-state index contributed by atoms with van der Waals surface area (Å²) in [5.41, 5.74) is 1.38. The fourth-order valence-corrected chi connectivity index (χ4v) is 6.23. The Morgan fingerprint density at radius 3 is 2.42 bits per heavy atom. The first-order valence-electron chi connectivity index (χ1n) is 10.2.